The van der Waals surface area contributed by atoms with Gasteiger partial charge in [0, 0.05) is 38.9 Å². The van der Waals surface area contributed by atoms with Crippen molar-refractivity contribution >= 4 is 11.6 Å². The molecule has 0 aliphatic heterocycles. The molecule has 1 aliphatic rings. The number of carbonyl (C=O) groups excluding carboxylic acids is 1. The molecule has 1 fully saturated rings. The van der Waals surface area contributed by atoms with Crippen LogP contribution in [0, 0.1) is 5.92 Å². The van der Waals surface area contributed by atoms with E-state index in [1.165, 1.54) is 0 Å². The van der Waals surface area contributed by atoms with Crippen molar-refractivity contribution in [3.05, 3.63) is 42.4 Å². The minimum Gasteiger partial charge on any atom is -0.342 e. The highest BCUT2D eigenvalue weighted by atomic mass is 16.1. The van der Waals surface area contributed by atoms with Crippen LogP contribution in [0.15, 0.2) is 31.0 Å². The van der Waals surface area contributed by atoms with Crippen LogP contribution in [0.2, 0.25) is 0 Å². The lowest BCUT2D eigenvalue weighted by molar-refractivity contribution is 0.0930. The van der Waals surface area contributed by atoms with Gasteiger partial charge in [-0.3, -0.25) is 4.79 Å². The first-order chi connectivity index (χ1) is 10.6. The van der Waals surface area contributed by atoms with E-state index in [0.717, 1.165) is 24.3 Å². The summed E-state index contributed by atoms with van der Waals surface area (Å²) in [5.41, 5.74) is 1.39. The second-order valence-electron chi connectivity index (χ2n) is 5.92. The molecule has 0 bridgehead atoms. The highest BCUT2D eigenvalue weighted by molar-refractivity contribution is 6.00. The Morgan fingerprint density at radius 3 is 2.77 bits per heavy atom. The predicted molar refractivity (Wildman–Crippen MR) is 80.3 cm³/mol. The summed E-state index contributed by atoms with van der Waals surface area (Å²) in [6.45, 7) is 0. The van der Waals surface area contributed by atoms with Gasteiger partial charge in [-0.05, 0) is 18.8 Å². The molecule has 1 aliphatic carbocycles. The van der Waals surface area contributed by atoms with Gasteiger partial charge < -0.3 is 14.5 Å². The number of aryl methyl sites for hydroxylation is 2. The van der Waals surface area contributed by atoms with Crippen molar-refractivity contribution in [1.29, 1.82) is 0 Å². The Morgan fingerprint density at radius 2 is 2.09 bits per heavy atom. The first-order valence-electron chi connectivity index (χ1n) is 7.42. The molecule has 22 heavy (non-hydrogen) atoms. The zero-order valence-corrected chi connectivity index (χ0v) is 12.6. The van der Waals surface area contributed by atoms with Crippen LogP contribution in [0.3, 0.4) is 0 Å². The third kappa shape index (κ3) is 2.01. The summed E-state index contributed by atoms with van der Waals surface area (Å²) in [6, 6.07) is -0.0391. The number of carbonyl (C=O) groups is 1. The number of imidazole rings is 2. The van der Waals surface area contributed by atoms with Crippen molar-refractivity contribution in [2.24, 2.45) is 20.0 Å². The van der Waals surface area contributed by atoms with Crippen molar-refractivity contribution in [2.45, 2.75) is 18.9 Å². The molecule has 1 saturated carbocycles. The standard InChI is InChI=1S/C15H18N6O/c1-19-6-5-16-13(19)12(10-3-4-10)18-14(22)11-9-17-21-8-7-20(2)15(11)21/h5-10,12H,3-4H2,1-2H3,(H,18,22)/t12-/m0/s1. The molecule has 7 nitrogen and oxygen atoms in total. The molecule has 0 saturated heterocycles. The molecule has 0 spiro atoms. The Labute approximate surface area is 127 Å². The lowest BCUT2D eigenvalue weighted by Gasteiger charge is -2.17. The van der Waals surface area contributed by atoms with Crippen LogP contribution >= 0.6 is 0 Å². The summed E-state index contributed by atoms with van der Waals surface area (Å²) in [4.78, 5) is 17.1. The molecule has 3 aromatic rings. The number of hydrogen-bond donors (Lipinski definition) is 1. The van der Waals surface area contributed by atoms with Crippen LogP contribution in [-0.2, 0) is 14.1 Å². The maximum atomic E-state index is 12.7. The van der Waals surface area contributed by atoms with Crippen LogP contribution in [0.25, 0.3) is 5.65 Å². The molecular weight excluding hydrogens is 280 g/mol. The average Bonchev–Trinajstić information content (AvgIpc) is 2.93. The average molecular weight is 298 g/mol. The molecule has 114 valence electrons. The van der Waals surface area contributed by atoms with Crippen LogP contribution in [0.4, 0.5) is 0 Å². The van der Waals surface area contributed by atoms with Crippen molar-refractivity contribution in [2.75, 3.05) is 0 Å². The molecule has 1 atom stereocenters. The molecule has 0 unspecified atom stereocenters. The smallest absolute Gasteiger partial charge is 0.257 e. The van der Waals surface area contributed by atoms with Crippen LogP contribution in [0.5, 0.6) is 0 Å². The fourth-order valence-corrected chi connectivity index (χ4v) is 2.93. The summed E-state index contributed by atoms with van der Waals surface area (Å²) in [6.07, 6.45) is 11.3. The molecule has 3 aromatic heterocycles. The Morgan fingerprint density at radius 1 is 1.27 bits per heavy atom. The van der Waals surface area contributed by atoms with Crippen molar-refractivity contribution in [3.8, 4) is 0 Å². The van der Waals surface area contributed by atoms with E-state index in [1.54, 1.807) is 16.9 Å². The van der Waals surface area contributed by atoms with Gasteiger partial charge >= 0.3 is 0 Å². The highest BCUT2D eigenvalue weighted by Gasteiger charge is 2.36. The van der Waals surface area contributed by atoms with Crippen LogP contribution < -0.4 is 5.32 Å². The van der Waals surface area contributed by atoms with Crippen molar-refractivity contribution in [3.63, 3.8) is 0 Å². The van der Waals surface area contributed by atoms with Gasteiger partial charge in [-0.15, -0.1) is 0 Å². The van der Waals surface area contributed by atoms with Gasteiger partial charge in [-0.25, -0.2) is 9.50 Å². The molecule has 0 radical (unpaired) electrons. The second kappa shape index (κ2) is 4.72. The SMILES string of the molecule is Cn1ccnc1[C@@H](NC(=O)c1cnn2ccn(C)c12)C1CC1. The normalized spacial score (nSPS) is 16.1. The van der Waals surface area contributed by atoms with E-state index in [4.69, 9.17) is 0 Å². The summed E-state index contributed by atoms with van der Waals surface area (Å²) in [5, 5.41) is 7.37. The van der Waals surface area contributed by atoms with E-state index < -0.39 is 0 Å². The van der Waals surface area contributed by atoms with Crippen molar-refractivity contribution < 1.29 is 4.79 Å². The third-order valence-electron chi connectivity index (χ3n) is 4.30. The molecule has 1 N–H and O–H groups in total. The monoisotopic (exact) mass is 298 g/mol. The summed E-state index contributed by atoms with van der Waals surface area (Å²) >= 11 is 0. The zero-order valence-electron chi connectivity index (χ0n) is 12.6. The van der Waals surface area contributed by atoms with Gasteiger partial charge in [0.05, 0.1) is 12.2 Å². The molecule has 0 aromatic carbocycles. The van der Waals surface area contributed by atoms with E-state index in [9.17, 15) is 4.79 Å². The minimum atomic E-state index is -0.100. The van der Waals surface area contributed by atoms with Gasteiger partial charge in [-0.1, -0.05) is 0 Å². The topological polar surface area (TPSA) is 69.2 Å². The van der Waals surface area contributed by atoms with Gasteiger partial charge in [0.25, 0.3) is 5.91 Å². The van der Waals surface area contributed by atoms with Gasteiger partial charge in [-0.2, -0.15) is 5.10 Å². The summed E-state index contributed by atoms with van der Waals surface area (Å²) in [7, 11) is 3.87. The lowest BCUT2D eigenvalue weighted by atomic mass is 10.1. The van der Waals surface area contributed by atoms with E-state index in [1.807, 2.05) is 41.8 Å². The van der Waals surface area contributed by atoms with Gasteiger partial charge in [0.15, 0.2) is 0 Å². The number of nitrogens with zero attached hydrogens (tertiary/aromatic N) is 5. The first-order valence-corrected chi connectivity index (χ1v) is 7.42. The maximum Gasteiger partial charge on any atom is 0.257 e. The number of nitrogens with one attached hydrogen (secondary N) is 1. The Bertz CT molecular complexity index is 837. The van der Waals surface area contributed by atoms with E-state index >= 15 is 0 Å². The minimum absolute atomic E-state index is 0.0391. The summed E-state index contributed by atoms with van der Waals surface area (Å²) in [5.74, 6) is 1.28. The van der Waals surface area contributed by atoms with Crippen LogP contribution in [-0.4, -0.2) is 29.6 Å². The predicted octanol–water partition coefficient (Wildman–Crippen LogP) is 1.29. The maximum absolute atomic E-state index is 12.7. The Hall–Kier alpha value is -2.57. The van der Waals surface area contributed by atoms with E-state index in [2.05, 4.69) is 15.4 Å². The lowest BCUT2D eigenvalue weighted by Crippen LogP contribution is -2.31. The molecule has 1 amide bonds. The number of aromatic nitrogens is 5. The number of rotatable bonds is 4. The Kier molecular flexibility index (Phi) is 2.82. The summed E-state index contributed by atoms with van der Waals surface area (Å²) < 4.78 is 5.58. The van der Waals surface area contributed by atoms with Gasteiger partial charge in [0.2, 0.25) is 0 Å². The molecular formula is C15H18N6O. The number of hydrogen-bond acceptors (Lipinski definition) is 3. The first kappa shape index (κ1) is 13.1. The fourth-order valence-electron chi connectivity index (χ4n) is 2.93. The van der Waals surface area contributed by atoms with E-state index in [-0.39, 0.29) is 11.9 Å². The highest BCUT2D eigenvalue weighted by Crippen LogP contribution is 2.40. The van der Waals surface area contributed by atoms with E-state index in [0.29, 0.717) is 11.5 Å². The zero-order chi connectivity index (χ0) is 15.3. The molecule has 4 rings (SSSR count). The third-order valence-corrected chi connectivity index (χ3v) is 4.30. The number of amides is 1. The molecule has 3 heterocycles. The Balaban J connectivity index is 1.65. The largest absolute Gasteiger partial charge is 0.342 e. The fraction of sp³-hybridized carbons (Fsp3) is 0.400. The molecule has 7 heteroatoms. The number of fused-ring (bicyclic) bond motifs is 1. The van der Waals surface area contributed by atoms with Crippen LogP contribution in [0.1, 0.15) is 35.1 Å². The quantitative estimate of drug-likeness (QED) is 0.789. The van der Waals surface area contributed by atoms with Crippen molar-refractivity contribution in [1.82, 2.24) is 29.0 Å². The van der Waals surface area contributed by atoms with Gasteiger partial charge in [0.1, 0.15) is 17.0 Å². The second-order valence-corrected chi connectivity index (χ2v) is 5.92.